The van der Waals surface area contributed by atoms with Crippen molar-refractivity contribution in [3.63, 3.8) is 0 Å². The first-order valence-corrected chi connectivity index (χ1v) is 6.03. The van der Waals surface area contributed by atoms with Crippen LogP contribution in [0.1, 0.15) is 23.9 Å². The molecule has 0 aliphatic carbocycles. The van der Waals surface area contributed by atoms with Gasteiger partial charge in [-0.15, -0.1) is 0 Å². The van der Waals surface area contributed by atoms with Crippen molar-refractivity contribution in [1.29, 1.82) is 5.26 Å². The number of benzene rings is 1. The van der Waals surface area contributed by atoms with Crippen molar-refractivity contribution in [3.05, 3.63) is 53.6 Å². The van der Waals surface area contributed by atoms with Gasteiger partial charge in [0.15, 0.2) is 0 Å². The van der Waals surface area contributed by atoms with Crippen LogP contribution in [-0.4, -0.2) is 9.55 Å². The fourth-order valence-corrected chi connectivity index (χ4v) is 1.81. The molecule has 18 heavy (non-hydrogen) atoms. The first-order valence-electron chi connectivity index (χ1n) is 6.03. The molecular weight excluding hydrogens is 224 g/mol. The molecule has 0 amide bonds. The highest BCUT2D eigenvalue weighted by Gasteiger charge is 2.00. The monoisotopic (exact) mass is 240 g/mol. The molecule has 0 atom stereocenters. The Bertz CT molecular complexity index is 534. The molecule has 1 N–H and O–H groups in total. The molecule has 0 fully saturated rings. The number of nitrogens with one attached hydrogen (secondary N) is 1. The number of imidazole rings is 1. The second-order valence-corrected chi connectivity index (χ2v) is 4.04. The quantitative estimate of drug-likeness (QED) is 0.870. The zero-order valence-electron chi connectivity index (χ0n) is 10.4. The molecule has 92 valence electrons. The molecule has 0 spiro atoms. The number of aromatic nitrogens is 2. The minimum Gasteiger partial charge on any atom is -0.334 e. The second-order valence-electron chi connectivity index (χ2n) is 4.04. The lowest BCUT2D eigenvalue weighted by atomic mass is 10.1. The van der Waals surface area contributed by atoms with Gasteiger partial charge in [0.2, 0.25) is 0 Å². The van der Waals surface area contributed by atoms with Gasteiger partial charge in [0.25, 0.3) is 0 Å². The van der Waals surface area contributed by atoms with E-state index in [1.807, 2.05) is 36.7 Å². The Morgan fingerprint density at radius 1 is 1.28 bits per heavy atom. The van der Waals surface area contributed by atoms with Crippen molar-refractivity contribution >= 4 is 0 Å². The molecule has 1 aromatic heterocycles. The predicted octanol–water partition coefficient (Wildman–Crippen LogP) is 2.06. The lowest BCUT2D eigenvalue weighted by Gasteiger charge is -2.06. The minimum atomic E-state index is 0.695. The summed E-state index contributed by atoms with van der Waals surface area (Å²) in [4.78, 5) is 4.30. The molecule has 1 heterocycles. The van der Waals surface area contributed by atoms with Gasteiger partial charge in [-0.05, 0) is 24.6 Å². The van der Waals surface area contributed by atoms with Crippen LogP contribution in [0.4, 0.5) is 0 Å². The molecule has 2 aromatic rings. The maximum atomic E-state index is 8.71. The van der Waals surface area contributed by atoms with Crippen LogP contribution in [0.3, 0.4) is 0 Å². The SMILES string of the molecule is CCn1ccnc1CNCc1ccc(C#N)cc1. The van der Waals surface area contributed by atoms with Crippen molar-refractivity contribution in [2.75, 3.05) is 0 Å². The number of aryl methyl sites for hydroxylation is 1. The van der Waals surface area contributed by atoms with Crippen molar-refractivity contribution in [2.45, 2.75) is 26.6 Å². The standard InChI is InChI=1S/C14H16N4/c1-2-18-8-7-17-14(18)11-16-10-13-5-3-12(9-15)4-6-13/h3-8,16H,2,10-11H2,1H3. The van der Waals surface area contributed by atoms with Gasteiger partial charge in [-0.3, -0.25) is 0 Å². The molecule has 1 aromatic carbocycles. The summed E-state index contributed by atoms with van der Waals surface area (Å²) in [5, 5.41) is 12.1. The average Bonchev–Trinajstić information content (AvgIpc) is 2.87. The van der Waals surface area contributed by atoms with Gasteiger partial charge in [-0.1, -0.05) is 12.1 Å². The van der Waals surface area contributed by atoms with Crippen LogP contribution in [0.25, 0.3) is 0 Å². The topological polar surface area (TPSA) is 53.6 Å². The summed E-state index contributed by atoms with van der Waals surface area (Å²) in [6.07, 6.45) is 3.81. The number of hydrogen-bond acceptors (Lipinski definition) is 3. The molecule has 0 saturated carbocycles. The van der Waals surface area contributed by atoms with E-state index in [2.05, 4.69) is 27.9 Å². The first-order chi connectivity index (χ1) is 8.83. The fraction of sp³-hybridized carbons (Fsp3) is 0.286. The highest BCUT2D eigenvalue weighted by molar-refractivity contribution is 5.31. The summed E-state index contributed by atoms with van der Waals surface area (Å²) in [6, 6.07) is 9.73. The summed E-state index contributed by atoms with van der Waals surface area (Å²) in [5.74, 6) is 1.05. The smallest absolute Gasteiger partial charge is 0.122 e. The van der Waals surface area contributed by atoms with Crippen molar-refractivity contribution in [1.82, 2.24) is 14.9 Å². The normalized spacial score (nSPS) is 10.2. The predicted molar refractivity (Wildman–Crippen MR) is 69.6 cm³/mol. The van der Waals surface area contributed by atoms with Crippen molar-refractivity contribution < 1.29 is 0 Å². The molecule has 0 aliphatic rings. The van der Waals surface area contributed by atoms with E-state index in [9.17, 15) is 0 Å². The van der Waals surface area contributed by atoms with E-state index >= 15 is 0 Å². The zero-order valence-corrected chi connectivity index (χ0v) is 10.4. The number of nitrogens with zero attached hydrogens (tertiary/aromatic N) is 3. The molecular formula is C14H16N4. The van der Waals surface area contributed by atoms with Gasteiger partial charge in [-0.2, -0.15) is 5.26 Å². The molecule has 0 aliphatic heterocycles. The third-order valence-corrected chi connectivity index (χ3v) is 2.84. The summed E-state index contributed by atoms with van der Waals surface area (Å²) >= 11 is 0. The minimum absolute atomic E-state index is 0.695. The van der Waals surface area contributed by atoms with Crippen LogP contribution >= 0.6 is 0 Å². The second kappa shape index (κ2) is 5.99. The lowest BCUT2D eigenvalue weighted by molar-refractivity contribution is 0.613. The summed E-state index contributed by atoms with van der Waals surface area (Å²) in [7, 11) is 0. The first kappa shape index (κ1) is 12.3. The molecule has 0 radical (unpaired) electrons. The highest BCUT2D eigenvalue weighted by atomic mass is 15.1. The van der Waals surface area contributed by atoms with Gasteiger partial charge in [-0.25, -0.2) is 4.98 Å². The third-order valence-electron chi connectivity index (χ3n) is 2.84. The van der Waals surface area contributed by atoms with Crippen LogP contribution in [0, 0.1) is 11.3 Å². The Morgan fingerprint density at radius 2 is 2.06 bits per heavy atom. The van der Waals surface area contributed by atoms with Crippen LogP contribution in [0.5, 0.6) is 0 Å². The van der Waals surface area contributed by atoms with E-state index in [1.54, 1.807) is 0 Å². The molecule has 4 nitrogen and oxygen atoms in total. The summed E-state index contributed by atoms with van der Waals surface area (Å²) in [5.41, 5.74) is 1.86. The van der Waals surface area contributed by atoms with E-state index in [1.165, 1.54) is 5.56 Å². The number of nitriles is 1. The Hall–Kier alpha value is -2.12. The van der Waals surface area contributed by atoms with E-state index in [4.69, 9.17) is 5.26 Å². The van der Waals surface area contributed by atoms with Gasteiger partial charge < -0.3 is 9.88 Å². The number of hydrogen-bond donors (Lipinski definition) is 1. The van der Waals surface area contributed by atoms with Crippen LogP contribution in [-0.2, 0) is 19.6 Å². The van der Waals surface area contributed by atoms with Gasteiger partial charge in [0.05, 0.1) is 18.2 Å². The molecule has 2 rings (SSSR count). The molecule has 0 bridgehead atoms. The van der Waals surface area contributed by atoms with E-state index in [0.29, 0.717) is 5.56 Å². The van der Waals surface area contributed by atoms with E-state index in [0.717, 1.165) is 25.5 Å². The Kier molecular flexibility index (Phi) is 4.11. The van der Waals surface area contributed by atoms with Crippen LogP contribution in [0.2, 0.25) is 0 Å². The Labute approximate surface area is 107 Å². The number of rotatable bonds is 5. The fourth-order valence-electron chi connectivity index (χ4n) is 1.81. The average molecular weight is 240 g/mol. The zero-order chi connectivity index (χ0) is 12.8. The van der Waals surface area contributed by atoms with Gasteiger partial charge in [0.1, 0.15) is 5.82 Å². The summed E-state index contributed by atoms with van der Waals surface area (Å²) < 4.78 is 2.12. The summed E-state index contributed by atoms with van der Waals surface area (Å²) in [6.45, 7) is 4.57. The van der Waals surface area contributed by atoms with E-state index in [-0.39, 0.29) is 0 Å². The lowest BCUT2D eigenvalue weighted by Crippen LogP contribution is -2.16. The van der Waals surface area contributed by atoms with Crippen molar-refractivity contribution in [3.8, 4) is 6.07 Å². The molecule has 0 saturated heterocycles. The van der Waals surface area contributed by atoms with E-state index < -0.39 is 0 Å². The van der Waals surface area contributed by atoms with Crippen LogP contribution < -0.4 is 5.32 Å². The van der Waals surface area contributed by atoms with Crippen molar-refractivity contribution in [2.24, 2.45) is 0 Å². The Balaban J connectivity index is 1.87. The van der Waals surface area contributed by atoms with Gasteiger partial charge in [0, 0.05) is 25.5 Å². The van der Waals surface area contributed by atoms with Crippen LogP contribution in [0.15, 0.2) is 36.7 Å². The molecule has 0 unspecified atom stereocenters. The largest absolute Gasteiger partial charge is 0.334 e. The third kappa shape index (κ3) is 2.96. The Morgan fingerprint density at radius 3 is 2.72 bits per heavy atom. The highest BCUT2D eigenvalue weighted by Crippen LogP contribution is 2.03. The maximum absolute atomic E-state index is 8.71. The maximum Gasteiger partial charge on any atom is 0.122 e. The molecule has 4 heteroatoms. The van der Waals surface area contributed by atoms with Gasteiger partial charge >= 0.3 is 0 Å².